The highest BCUT2D eigenvalue weighted by molar-refractivity contribution is 8.04. The molecule has 0 saturated carbocycles. The first-order valence-electron chi connectivity index (χ1n) is 14.9. The summed E-state index contributed by atoms with van der Waals surface area (Å²) in [6, 6.07) is 3.92. The van der Waals surface area contributed by atoms with Gasteiger partial charge in [-0.1, -0.05) is 69.7 Å². The number of ether oxygens (including phenoxy) is 2. The van der Waals surface area contributed by atoms with Crippen molar-refractivity contribution in [1.82, 2.24) is 4.90 Å². The van der Waals surface area contributed by atoms with Crippen LogP contribution in [0.5, 0.6) is 11.5 Å². The van der Waals surface area contributed by atoms with E-state index < -0.39 is 18.0 Å². The zero-order valence-electron chi connectivity index (χ0n) is 25.0. The number of amides is 1. The predicted octanol–water partition coefficient (Wildman–Crippen LogP) is 6.45. The van der Waals surface area contributed by atoms with Crippen LogP contribution in [0.2, 0.25) is 0 Å². The first-order chi connectivity index (χ1) is 19.6. The molecule has 2 aliphatic heterocycles. The van der Waals surface area contributed by atoms with Crippen molar-refractivity contribution < 1.29 is 29.3 Å². The number of carbonyl (C=O) groups is 2. The van der Waals surface area contributed by atoms with Gasteiger partial charge < -0.3 is 19.7 Å². The van der Waals surface area contributed by atoms with Crippen molar-refractivity contribution in [3.63, 3.8) is 0 Å². The molecule has 1 aromatic rings. The van der Waals surface area contributed by atoms with Gasteiger partial charge in [-0.3, -0.25) is 9.69 Å². The fraction of sp³-hybridized carbons (Fsp3) is 0.576. The number of esters is 1. The minimum atomic E-state index is -0.834. The molecule has 1 fully saturated rings. The number of rotatable bonds is 13. The van der Waals surface area contributed by atoms with Crippen molar-refractivity contribution in [1.29, 1.82) is 0 Å². The Bertz CT molecular complexity index is 1220. The van der Waals surface area contributed by atoms with E-state index in [1.165, 1.54) is 28.3 Å². The molecule has 1 saturated heterocycles. The number of fused-ring (bicyclic) bond motifs is 1. The number of aliphatic hydroxyl groups is 1. The fourth-order valence-electron chi connectivity index (χ4n) is 6.27. The van der Waals surface area contributed by atoms with Crippen molar-refractivity contribution in [2.45, 2.75) is 90.5 Å². The van der Waals surface area contributed by atoms with E-state index in [4.69, 9.17) is 9.47 Å². The topological polar surface area (TPSA) is 96.3 Å². The Labute approximate surface area is 248 Å². The molecule has 224 valence electrons. The van der Waals surface area contributed by atoms with Crippen molar-refractivity contribution in [3.05, 3.63) is 58.2 Å². The zero-order valence-corrected chi connectivity index (χ0v) is 25.8. The molecule has 1 amide bonds. The molecule has 0 spiro atoms. The maximum atomic E-state index is 13.1. The van der Waals surface area contributed by atoms with E-state index in [0.29, 0.717) is 22.5 Å². The van der Waals surface area contributed by atoms with E-state index in [1.54, 1.807) is 6.92 Å². The molecule has 41 heavy (non-hydrogen) atoms. The van der Waals surface area contributed by atoms with Crippen LogP contribution in [0, 0.1) is 17.8 Å². The van der Waals surface area contributed by atoms with Crippen LogP contribution in [0.4, 0.5) is 0 Å². The summed E-state index contributed by atoms with van der Waals surface area (Å²) in [6.07, 6.45) is 9.07. The number of phenols is 1. The van der Waals surface area contributed by atoms with Crippen LogP contribution in [-0.2, 0) is 20.7 Å². The maximum Gasteiger partial charge on any atom is 0.356 e. The van der Waals surface area contributed by atoms with Gasteiger partial charge in [0.1, 0.15) is 35.8 Å². The lowest BCUT2D eigenvalue weighted by Gasteiger charge is -2.43. The van der Waals surface area contributed by atoms with E-state index in [9.17, 15) is 19.8 Å². The third-order valence-electron chi connectivity index (χ3n) is 8.49. The van der Waals surface area contributed by atoms with Crippen molar-refractivity contribution in [2.24, 2.45) is 17.8 Å². The van der Waals surface area contributed by atoms with Crippen molar-refractivity contribution >= 4 is 23.6 Å². The van der Waals surface area contributed by atoms with Gasteiger partial charge in [-0.2, -0.15) is 0 Å². The molecule has 1 aromatic carbocycles. The van der Waals surface area contributed by atoms with Gasteiger partial charge in [0, 0.05) is 11.5 Å². The summed E-state index contributed by atoms with van der Waals surface area (Å²) in [4.78, 5) is 28.0. The lowest BCUT2D eigenvalue weighted by Crippen LogP contribution is -2.60. The minimum Gasteiger partial charge on any atom is -0.507 e. The second kappa shape index (κ2) is 13.5. The molecular weight excluding hydrogens is 538 g/mol. The third kappa shape index (κ3) is 6.54. The first kappa shape index (κ1) is 31.2. The summed E-state index contributed by atoms with van der Waals surface area (Å²) in [6.45, 7) is 14.0. The number of hydrogen-bond acceptors (Lipinski definition) is 7. The number of phenolic OH excluding ortho intramolecular Hbond substituents is 1. The molecule has 8 heteroatoms. The van der Waals surface area contributed by atoms with Crippen molar-refractivity contribution in [2.75, 3.05) is 13.2 Å². The van der Waals surface area contributed by atoms with E-state index in [2.05, 4.69) is 40.3 Å². The minimum absolute atomic E-state index is 0.00630. The first-order valence-corrected chi connectivity index (χ1v) is 15.8. The van der Waals surface area contributed by atoms with Crippen LogP contribution in [0.3, 0.4) is 0 Å². The number of aliphatic hydroxyl groups excluding tert-OH is 1. The Morgan fingerprint density at radius 2 is 2.02 bits per heavy atom. The number of nitrogens with zero attached hydrogens (tertiary/aromatic N) is 1. The lowest BCUT2D eigenvalue weighted by atomic mass is 9.71. The molecule has 0 aromatic heterocycles. The number of aryl methyl sites for hydroxylation is 1. The molecule has 7 nitrogen and oxygen atoms in total. The average molecular weight is 584 g/mol. The summed E-state index contributed by atoms with van der Waals surface area (Å²) in [5, 5.41) is 21.2. The van der Waals surface area contributed by atoms with Gasteiger partial charge in [-0.25, -0.2) is 4.79 Å². The highest BCUT2D eigenvalue weighted by Gasteiger charge is 2.58. The largest absolute Gasteiger partial charge is 0.507 e. The van der Waals surface area contributed by atoms with Gasteiger partial charge in [-0.05, 0) is 69.1 Å². The normalized spacial score (nSPS) is 24.6. The standard InChI is InChI=1S/C33H45NO6S/c1-7-9-10-11-22-16-25(36)29(24-15-20(5)12-13-23(24)19(3)4)26(17-22)40-18-27-30(33(38)39-14-8-2)34-31(37)28(21(6)35)32(34)41-27/h8,15-17,19,21,23-24,28,32,35-36H,2,7,9-14,18H2,1,3-6H3/t21-,23+,24-,28+,32?/m1/s1. The van der Waals surface area contributed by atoms with Gasteiger partial charge in [-0.15, -0.1) is 0 Å². The van der Waals surface area contributed by atoms with Gasteiger partial charge in [0.05, 0.1) is 16.9 Å². The second-order valence-electron chi connectivity index (χ2n) is 11.9. The van der Waals surface area contributed by atoms with Crippen LogP contribution in [0.1, 0.15) is 83.8 Å². The summed E-state index contributed by atoms with van der Waals surface area (Å²) >= 11 is 1.36. The Kier molecular flexibility index (Phi) is 10.3. The summed E-state index contributed by atoms with van der Waals surface area (Å²) in [5.74, 6) is 0.130. The lowest BCUT2D eigenvalue weighted by molar-refractivity contribution is -0.158. The van der Waals surface area contributed by atoms with Gasteiger partial charge in [0.2, 0.25) is 5.91 Å². The van der Waals surface area contributed by atoms with E-state index in [1.807, 2.05) is 12.1 Å². The molecule has 3 aliphatic rings. The summed E-state index contributed by atoms with van der Waals surface area (Å²) < 4.78 is 11.8. The number of unbranched alkanes of at least 4 members (excludes halogenated alkanes) is 2. The Balaban J connectivity index is 1.71. The molecule has 0 bridgehead atoms. The number of benzene rings is 1. The number of β-lactam (4-membered cyclic amide) rings is 1. The molecular formula is C33H45NO6S. The Morgan fingerprint density at radius 3 is 2.68 bits per heavy atom. The molecule has 5 atom stereocenters. The van der Waals surface area contributed by atoms with Crippen LogP contribution in [0.25, 0.3) is 0 Å². The smallest absolute Gasteiger partial charge is 0.356 e. The molecule has 0 radical (unpaired) electrons. The summed E-state index contributed by atoms with van der Waals surface area (Å²) in [5.41, 5.74) is 3.27. The van der Waals surface area contributed by atoms with Crippen LogP contribution in [0.15, 0.2) is 47.0 Å². The predicted molar refractivity (Wildman–Crippen MR) is 162 cm³/mol. The summed E-state index contributed by atoms with van der Waals surface area (Å²) in [7, 11) is 0. The number of hydrogen-bond donors (Lipinski definition) is 2. The zero-order chi connectivity index (χ0) is 29.8. The highest BCUT2D eigenvalue weighted by Crippen LogP contribution is 2.51. The van der Waals surface area contributed by atoms with Gasteiger partial charge in [0.25, 0.3) is 0 Å². The molecule has 2 heterocycles. The van der Waals surface area contributed by atoms with E-state index in [0.717, 1.165) is 49.7 Å². The van der Waals surface area contributed by atoms with E-state index in [-0.39, 0.29) is 41.9 Å². The second-order valence-corrected chi connectivity index (χ2v) is 13.1. The van der Waals surface area contributed by atoms with Crippen molar-refractivity contribution in [3.8, 4) is 11.5 Å². The number of thioether (sulfide) groups is 1. The van der Waals surface area contributed by atoms with Crippen LogP contribution in [-0.4, -0.2) is 51.7 Å². The molecule has 4 rings (SSSR count). The van der Waals surface area contributed by atoms with Crippen LogP contribution < -0.4 is 4.74 Å². The van der Waals surface area contributed by atoms with Crippen LogP contribution >= 0.6 is 11.8 Å². The average Bonchev–Trinajstić information content (AvgIpc) is 3.24. The number of aromatic hydroxyl groups is 1. The van der Waals surface area contributed by atoms with E-state index >= 15 is 0 Å². The monoisotopic (exact) mass is 583 g/mol. The third-order valence-corrected chi connectivity index (χ3v) is 9.83. The number of carbonyl (C=O) groups excluding carboxylic acids is 2. The quantitative estimate of drug-likeness (QED) is 0.119. The fourth-order valence-corrected chi connectivity index (χ4v) is 7.79. The Morgan fingerprint density at radius 1 is 1.27 bits per heavy atom. The van der Waals surface area contributed by atoms with Gasteiger partial charge in [0.15, 0.2) is 0 Å². The number of allylic oxidation sites excluding steroid dienone is 2. The maximum absolute atomic E-state index is 13.1. The Hall–Kier alpha value is -2.71. The molecule has 2 N–H and O–H groups in total. The van der Waals surface area contributed by atoms with Gasteiger partial charge >= 0.3 is 5.97 Å². The SMILES string of the molecule is C=CCOC(=O)C1=C(COc2cc(CCCCC)cc(O)c2[C@@H]2C=C(C)CC[C@H]2C(C)C)SC2[C@@H]([C@@H](C)O)C(=O)N12. The highest BCUT2D eigenvalue weighted by atomic mass is 32.2. The molecule has 1 aliphatic carbocycles. The molecule has 1 unspecified atom stereocenters.